The van der Waals surface area contributed by atoms with Gasteiger partial charge in [0.25, 0.3) is 0 Å². The molecular weight excluding hydrogens is 259 g/mol. The van der Waals surface area contributed by atoms with Crippen molar-refractivity contribution in [1.82, 2.24) is 0 Å². The molecule has 2 aliphatic heterocycles. The fraction of sp³-hybridized carbons (Fsp3) is 0.562. The van der Waals surface area contributed by atoms with Gasteiger partial charge in [0, 0.05) is 32.0 Å². The van der Waals surface area contributed by atoms with E-state index in [0.29, 0.717) is 26.2 Å². The van der Waals surface area contributed by atoms with Gasteiger partial charge in [0.05, 0.1) is 12.2 Å². The summed E-state index contributed by atoms with van der Waals surface area (Å²) in [5.41, 5.74) is 0.499. The van der Waals surface area contributed by atoms with Gasteiger partial charge in [0.15, 0.2) is 0 Å². The highest BCUT2D eigenvalue weighted by atomic mass is 19.1. The van der Waals surface area contributed by atoms with Crippen molar-refractivity contribution in [3.8, 4) is 0 Å². The van der Waals surface area contributed by atoms with Gasteiger partial charge in [-0.05, 0) is 30.5 Å². The lowest BCUT2D eigenvalue weighted by molar-refractivity contribution is -0.136. The topological polar surface area (TPSA) is 35.5 Å². The molecule has 2 saturated heterocycles. The normalized spacial score (nSPS) is 29.8. The first kappa shape index (κ1) is 13.7. The van der Waals surface area contributed by atoms with Crippen LogP contribution in [0.4, 0.5) is 4.39 Å². The molecule has 1 spiro atoms. The Hall–Kier alpha value is -1.26. The number of rotatable bonds is 3. The van der Waals surface area contributed by atoms with Gasteiger partial charge in [0.1, 0.15) is 11.6 Å². The second kappa shape index (κ2) is 5.62. The average Bonchev–Trinajstić information content (AvgIpc) is 2.87. The summed E-state index contributed by atoms with van der Waals surface area (Å²) in [6.07, 6.45) is 2.67. The highest BCUT2D eigenvalue weighted by Gasteiger charge is 2.42. The van der Waals surface area contributed by atoms with Crippen molar-refractivity contribution >= 4 is 5.78 Å². The maximum absolute atomic E-state index is 13.2. The van der Waals surface area contributed by atoms with Crippen molar-refractivity contribution in [3.63, 3.8) is 0 Å². The maximum atomic E-state index is 13.2. The summed E-state index contributed by atoms with van der Waals surface area (Å²) in [5.74, 6) is -0.0955. The standard InChI is InChI=1S/C16H19FO3/c17-14-3-1-2-12(8-14)9-15(18)13-4-6-20-16(10-13)5-7-19-11-16/h1-3,8,13H,4-7,9-11H2. The second-order valence-corrected chi connectivity index (χ2v) is 5.80. The van der Waals surface area contributed by atoms with E-state index in [-0.39, 0.29) is 23.1 Å². The summed E-state index contributed by atoms with van der Waals surface area (Å²) < 4.78 is 24.4. The monoisotopic (exact) mass is 278 g/mol. The fourth-order valence-corrected chi connectivity index (χ4v) is 3.16. The van der Waals surface area contributed by atoms with E-state index in [1.165, 1.54) is 12.1 Å². The van der Waals surface area contributed by atoms with Crippen LogP contribution in [-0.2, 0) is 20.7 Å². The van der Waals surface area contributed by atoms with E-state index >= 15 is 0 Å². The van der Waals surface area contributed by atoms with E-state index in [4.69, 9.17) is 9.47 Å². The summed E-state index contributed by atoms with van der Waals surface area (Å²) >= 11 is 0. The van der Waals surface area contributed by atoms with Crippen LogP contribution in [0.3, 0.4) is 0 Å². The molecule has 1 aromatic rings. The Balaban J connectivity index is 1.65. The van der Waals surface area contributed by atoms with Gasteiger partial charge < -0.3 is 9.47 Å². The van der Waals surface area contributed by atoms with Crippen LogP contribution in [0.1, 0.15) is 24.8 Å². The number of halogens is 1. The lowest BCUT2D eigenvalue weighted by Crippen LogP contribution is -2.42. The minimum absolute atomic E-state index is 0.00807. The maximum Gasteiger partial charge on any atom is 0.140 e. The van der Waals surface area contributed by atoms with Crippen molar-refractivity contribution in [2.45, 2.75) is 31.3 Å². The van der Waals surface area contributed by atoms with Crippen LogP contribution in [0.5, 0.6) is 0 Å². The second-order valence-electron chi connectivity index (χ2n) is 5.80. The summed E-state index contributed by atoms with van der Waals surface area (Å²) in [5, 5.41) is 0. The van der Waals surface area contributed by atoms with Gasteiger partial charge in [-0.1, -0.05) is 12.1 Å². The van der Waals surface area contributed by atoms with Crippen LogP contribution in [0, 0.1) is 11.7 Å². The zero-order chi connectivity index (χ0) is 14.0. The van der Waals surface area contributed by atoms with E-state index in [1.807, 2.05) is 0 Å². The van der Waals surface area contributed by atoms with Crippen LogP contribution in [0.2, 0.25) is 0 Å². The summed E-state index contributed by atoms with van der Waals surface area (Å²) in [6, 6.07) is 6.28. The van der Waals surface area contributed by atoms with Crippen LogP contribution in [0.15, 0.2) is 24.3 Å². The van der Waals surface area contributed by atoms with Gasteiger partial charge in [-0.25, -0.2) is 4.39 Å². The molecule has 0 N–H and O–H groups in total. The molecule has 1 aromatic carbocycles. The summed E-state index contributed by atoms with van der Waals surface area (Å²) in [4.78, 5) is 12.4. The fourth-order valence-electron chi connectivity index (χ4n) is 3.16. The van der Waals surface area contributed by atoms with Crippen molar-refractivity contribution in [1.29, 1.82) is 0 Å². The highest BCUT2D eigenvalue weighted by molar-refractivity contribution is 5.83. The minimum Gasteiger partial charge on any atom is -0.378 e. The van der Waals surface area contributed by atoms with Crippen molar-refractivity contribution in [2.75, 3.05) is 19.8 Å². The molecule has 2 unspecified atom stereocenters. The van der Waals surface area contributed by atoms with E-state index in [9.17, 15) is 9.18 Å². The van der Waals surface area contributed by atoms with E-state index in [1.54, 1.807) is 12.1 Å². The molecule has 0 aliphatic carbocycles. The lowest BCUT2D eigenvalue weighted by atomic mass is 9.81. The Labute approximate surface area is 118 Å². The number of hydrogen-bond donors (Lipinski definition) is 0. The summed E-state index contributed by atoms with van der Waals surface area (Å²) in [6.45, 7) is 1.92. The molecule has 20 heavy (non-hydrogen) atoms. The zero-order valence-corrected chi connectivity index (χ0v) is 11.4. The molecule has 0 bridgehead atoms. The van der Waals surface area contributed by atoms with Crippen LogP contribution >= 0.6 is 0 Å². The van der Waals surface area contributed by atoms with Gasteiger partial charge in [-0.2, -0.15) is 0 Å². The molecule has 0 aromatic heterocycles. The van der Waals surface area contributed by atoms with Gasteiger partial charge >= 0.3 is 0 Å². The first-order valence-electron chi connectivity index (χ1n) is 7.16. The molecule has 0 amide bonds. The van der Waals surface area contributed by atoms with Crippen LogP contribution in [0.25, 0.3) is 0 Å². The minimum atomic E-state index is -0.289. The molecule has 2 atom stereocenters. The average molecular weight is 278 g/mol. The lowest BCUT2D eigenvalue weighted by Gasteiger charge is -2.36. The van der Waals surface area contributed by atoms with Crippen molar-refractivity contribution in [3.05, 3.63) is 35.6 Å². The molecule has 0 radical (unpaired) electrons. The molecule has 4 heteroatoms. The number of ketones is 1. The number of carbonyl (C=O) groups excluding carboxylic acids is 1. The molecular formula is C16H19FO3. The predicted octanol–water partition coefficient (Wildman–Crippen LogP) is 2.52. The van der Waals surface area contributed by atoms with Crippen LogP contribution < -0.4 is 0 Å². The van der Waals surface area contributed by atoms with E-state index < -0.39 is 0 Å². The number of Topliss-reactive ketones (excluding diaryl/α,β-unsaturated/α-hetero) is 1. The Kier molecular flexibility index (Phi) is 3.85. The van der Waals surface area contributed by atoms with E-state index in [0.717, 1.165) is 24.8 Å². The summed E-state index contributed by atoms with van der Waals surface area (Å²) in [7, 11) is 0. The number of ether oxygens (including phenoxy) is 2. The third-order valence-electron chi connectivity index (χ3n) is 4.28. The van der Waals surface area contributed by atoms with Crippen molar-refractivity contribution < 1.29 is 18.7 Å². The molecule has 2 heterocycles. The zero-order valence-electron chi connectivity index (χ0n) is 11.4. The molecule has 3 rings (SSSR count). The third-order valence-corrected chi connectivity index (χ3v) is 4.28. The molecule has 2 aliphatic rings. The Bertz CT molecular complexity index is 494. The van der Waals surface area contributed by atoms with Gasteiger partial charge in [0.2, 0.25) is 0 Å². The Morgan fingerprint density at radius 3 is 3.05 bits per heavy atom. The Morgan fingerprint density at radius 2 is 2.30 bits per heavy atom. The largest absolute Gasteiger partial charge is 0.378 e. The third kappa shape index (κ3) is 2.91. The van der Waals surface area contributed by atoms with E-state index in [2.05, 4.69) is 0 Å². The van der Waals surface area contributed by atoms with Crippen LogP contribution in [-0.4, -0.2) is 31.2 Å². The van der Waals surface area contributed by atoms with Crippen molar-refractivity contribution in [2.24, 2.45) is 5.92 Å². The highest BCUT2D eigenvalue weighted by Crippen LogP contribution is 2.36. The van der Waals surface area contributed by atoms with Gasteiger partial charge in [-0.15, -0.1) is 0 Å². The Morgan fingerprint density at radius 1 is 1.40 bits per heavy atom. The molecule has 3 nitrogen and oxygen atoms in total. The predicted molar refractivity (Wildman–Crippen MR) is 72.0 cm³/mol. The molecule has 2 fully saturated rings. The molecule has 108 valence electrons. The SMILES string of the molecule is O=C(Cc1cccc(F)c1)C1CCOC2(CCOC2)C1. The number of carbonyl (C=O) groups is 1. The first-order chi connectivity index (χ1) is 9.67. The number of benzene rings is 1. The first-order valence-corrected chi connectivity index (χ1v) is 7.16. The van der Waals surface area contributed by atoms with Gasteiger partial charge in [-0.3, -0.25) is 4.79 Å². The molecule has 0 saturated carbocycles. The smallest absolute Gasteiger partial charge is 0.140 e. The number of hydrogen-bond acceptors (Lipinski definition) is 3. The quantitative estimate of drug-likeness (QED) is 0.852.